The van der Waals surface area contributed by atoms with Crippen LogP contribution in [0.25, 0.3) is 5.82 Å². The second-order valence-corrected chi connectivity index (χ2v) is 4.54. The summed E-state index contributed by atoms with van der Waals surface area (Å²) in [6.45, 7) is 0. The summed E-state index contributed by atoms with van der Waals surface area (Å²) >= 11 is 13.3. The molecule has 15 heavy (non-hydrogen) atoms. The zero-order chi connectivity index (χ0) is 11.0. The number of nitrogens with one attached hydrogen (secondary N) is 1. The fourth-order valence-corrected chi connectivity index (χ4v) is 1.62. The van der Waals surface area contributed by atoms with Gasteiger partial charge in [0.05, 0.1) is 3.57 Å². The molecular weight excluding hydrogens is 354 g/mol. The molecule has 78 valence electrons. The summed E-state index contributed by atoms with van der Waals surface area (Å²) in [5, 5.41) is 10.7. The maximum atomic E-state index is 11.5. The molecule has 0 unspecified atom stereocenters. The van der Waals surface area contributed by atoms with Gasteiger partial charge in [-0.3, -0.25) is 9.89 Å². The lowest BCUT2D eigenvalue weighted by atomic mass is 10.5. The number of hydrogen-bond acceptors (Lipinski definition) is 3. The van der Waals surface area contributed by atoms with Crippen LogP contribution in [0, 0.1) is 3.57 Å². The first-order valence-corrected chi connectivity index (χ1v) is 5.57. The van der Waals surface area contributed by atoms with Gasteiger partial charge in [-0.1, -0.05) is 23.2 Å². The van der Waals surface area contributed by atoms with E-state index in [-0.39, 0.29) is 16.4 Å². The van der Waals surface area contributed by atoms with Gasteiger partial charge in [0.1, 0.15) is 5.15 Å². The number of nitrogens with zero attached hydrogens (tertiary/aromatic N) is 3. The van der Waals surface area contributed by atoms with E-state index in [2.05, 4.69) is 15.3 Å². The highest BCUT2D eigenvalue weighted by Gasteiger charge is 2.09. The third-order valence-electron chi connectivity index (χ3n) is 1.59. The second-order valence-electron chi connectivity index (χ2n) is 2.62. The number of H-pyrrole nitrogens is 1. The molecule has 0 aliphatic carbocycles. The van der Waals surface area contributed by atoms with Gasteiger partial charge < -0.3 is 0 Å². The van der Waals surface area contributed by atoms with E-state index in [1.165, 1.54) is 10.7 Å². The third kappa shape index (κ3) is 2.16. The Labute approximate surface area is 108 Å². The van der Waals surface area contributed by atoms with Crippen molar-refractivity contribution in [1.82, 2.24) is 20.0 Å². The van der Waals surface area contributed by atoms with E-state index in [1.54, 1.807) is 6.20 Å². The quantitative estimate of drug-likeness (QED) is 0.793. The topological polar surface area (TPSA) is 63.6 Å². The molecule has 5 nitrogen and oxygen atoms in total. The minimum Gasteiger partial charge on any atom is -0.286 e. The SMILES string of the molecule is O=c1cc(Cl)[nH]nc1-n1cc(I)c(Cl)n1. The lowest BCUT2D eigenvalue weighted by Crippen LogP contribution is -2.14. The average molecular weight is 357 g/mol. The number of halogens is 3. The Bertz CT molecular complexity index is 545. The molecule has 0 bridgehead atoms. The minimum absolute atomic E-state index is 0.129. The minimum atomic E-state index is -0.325. The molecule has 0 atom stereocenters. The van der Waals surface area contributed by atoms with E-state index in [0.29, 0.717) is 5.15 Å². The van der Waals surface area contributed by atoms with Crippen molar-refractivity contribution in [3.63, 3.8) is 0 Å². The van der Waals surface area contributed by atoms with Gasteiger partial charge in [-0.25, -0.2) is 4.68 Å². The van der Waals surface area contributed by atoms with Crippen LogP contribution in [0.5, 0.6) is 0 Å². The maximum Gasteiger partial charge on any atom is 0.227 e. The van der Waals surface area contributed by atoms with Gasteiger partial charge in [0.2, 0.25) is 11.2 Å². The van der Waals surface area contributed by atoms with Crippen molar-refractivity contribution in [3.8, 4) is 5.82 Å². The van der Waals surface area contributed by atoms with Crippen molar-refractivity contribution in [2.45, 2.75) is 0 Å². The summed E-state index contributed by atoms with van der Waals surface area (Å²) in [6, 6.07) is 1.23. The molecule has 0 saturated carbocycles. The zero-order valence-corrected chi connectivity index (χ0v) is 10.7. The molecule has 0 saturated heterocycles. The van der Waals surface area contributed by atoms with Crippen LogP contribution < -0.4 is 5.43 Å². The summed E-state index contributed by atoms with van der Waals surface area (Å²) in [4.78, 5) is 11.5. The monoisotopic (exact) mass is 356 g/mol. The Morgan fingerprint density at radius 3 is 2.73 bits per heavy atom. The van der Waals surface area contributed by atoms with Gasteiger partial charge in [-0.05, 0) is 22.6 Å². The summed E-state index contributed by atoms with van der Waals surface area (Å²) in [6.07, 6.45) is 1.61. The van der Waals surface area contributed by atoms with Crippen LogP contribution in [-0.2, 0) is 0 Å². The van der Waals surface area contributed by atoms with Gasteiger partial charge in [0.15, 0.2) is 5.15 Å². The van der Waals surface area contributed by atoms with Crippen molar-refractivity contribution in [2.24, 2.45) is 0 Å². The van der Waals surface area contributed by atoms with Gasteiger partial charge in [0.25, 0.3) is 0 Å². The number of aromatic nitrogens is 4. The molecule has 2 heterocycles. The van der Waals surface area contributed by atoms with Crippen molar-refractivity contribution in [3.05, 3.63) is 36.4 Å². The molecule has 8 heteroatoms. The fourth-order valence-electron chi connectivity index (χ4n) is 0.978. The summed E-state index contributed by atoms with van der Waals surface area (Å²) in [5.74, 6) is 0.129. The van der Waals surface area contributed by atoms with E-state index in [4.69, 9.17) is 23.2 Å². The molecule has 0 radical (unpaired) electrons. The van der Waals surface area contributed by atoms with Crippen LogP contribution in [0.2, 0.25) is 10.3 Å². The Morgan fingerprint density at radius 1 is 1.47 bits per heavy atom. The first-order chi connectivity index (χ1) is 7.08. The standard InChI is InChI=1S/C7H3Cl2IN4O/c8-5-1-4(15)7(12-11-5)14-2-3(10)6(9)13-14/h1-2H,(H,11,15). The van der Waals surface area contributed by atoms with Crippen molar-refractivity contribution in [2.75, 3.05) is 0 Å². The summed E-state index contributed by atoms with van der Waals surface area (Å²) < 4.78 is 2.05. The molecule has 0 aromatic carbocycles. The predicted octanol–water partition coefficient (Wildman–Crippen LogP) is 1.87. The maximum absolute atomic E-state index is 11.5. The molecule has 0 fully saturated rings. The van der Waals surface area contributed by atoms with Crippen molar-refractivity contribution in [1.29, 1.82) is 0 Å². The lowest BCUT2D eigenvalue weighted by molar-refractivity contribution is 0.805. The van der Waals surface area contributed by atoms with Crippen LogP contribution in [0.1, 0.15) is 0 Å². The normalized spacial score (nSPS) is 10.6. The molecule has 0 aliphatic rings. The molecule has 1 N–H and O–H groups in total. The van der Waals surface area contributed by atoms with Crippen LogP contribution >= 0.6 is 45.8 Å². The smallest absolute Gasteiger partial charge is 0.227 e. The van der Waals surface area contributed by atoms with Crippen LogP contribution in [0.4, 0.5) is 0 Å². The molecule has 2 aromatic rings. The molecule has 0 spiro atoms. The molecule has 2 aromatic heterocycles. The lowest BCUT2D eigenvalue weighted by Gasteiger charge is -1.97. The summed E-state index contributed by atoms with van der Waals surface area (Å²) in [7, 11) is 0. The molecule has 0 aliphatic heterocycles. The van der Waals surface area contributed by atoms with Gasteiger partial charge in [0, 0.05) is 12.3 Å². The Hall–Kier alpha value is -0.600. The number of hydrogen-bond donors (Lipinski definition) is 1. The van der Waals surface area contributed by atoms with Crippen LogP contribution in [0.15, 0.2) is 17.1 Å². The first kappa shape index (κ1) is 10.9. The average Bonchev–Trinajstić information content (AvgIpc) is 2.46. The van der Waals surface area contributed by atoms with E-state index in [1.807, 2.05) is 22.6 Å². The van der Waals surface area contributed by atoms with E-state index in [9.17, 15) is 4.79 Å². The fraction of sp³-hybridized carbons (Fsp3) is 0. The van der Waals surface area contributed by atoms with Gasteiger partial charge in [-0.15, -0.1) is 0 Å². The molecule has 0 amide bonds. The molecular formula is C7H3Cl2IN4O. The Morgan fingerprint density at radius 2 is 2.20 bits per heavy atom. The van der Waals surface area contributed by atoms with E-state index >= 15 is 0 Å². The number of rotatable bonds is 1. The second kappa shape index (κ2) is 4.11. The highest BCUT2D eigenvalue weighted by molar-refractivity contribution is 14.1. The highest BCUT2D eigenvalue weighted by Crippen LogP contribution is 2.16. The van der Waals surface area contributed by atoms with Crippen molar-refractivity contribution >= 4 is 45.8 Å². The van der Waals surface area contributed by atoms with Crippen molar-refractivity contribution < 1.29 is 0 Å². The van der Waals surface area contributed by atoms with Gasteiger partial charge in [-0.2, -0.15) is 10.2 Å². The van der Waals surface area contributed by atoms with Crippen LogP contribution in [-0.4, -0.2) is 20.0 Å². The first-order valence-electron chi connectivity index (χ1n) is 3.74. The summed E-state index contributed by atoms with van der Waals surface area (Å²) in [5.41, 5.74) is -0.325. The van der Waals surface area contributed by atoms with E-state index < -0.39 is 0 Å². The van der Waals surface area contributed by atoms with E-state index in [0.717, 1.165) is 3.57 Å². The zero-order valence-electron chi connectivity index (χ0n) is 7.04. The largest absolute Gasteiger partial charge is 0.286 e. The highest BCUT2D eigenvalue weighted by atomic mass is 127. The van der Waals surface area contributed by atoms with Gasteiger partial charge >= 0.3 is 0 Å². The molecule has 2 rings (SSSR count). The predicted molar refractivity (Wildman–Crippen MR) is 64.7 cm³/mol. The third-order valence-corrected chi connectivity index (χ3v) is 3.17. The Balaban J connectivity index is 2.59. The number of aromatic amines is 1. The Kier molecular flexibility index (Phi) is 2.98. The van der Waals surface area contributed by atoms with Crippen LogP contribution in [0.3, 0.4) is 0 Å².